The lowest BCUT2D eigenvalue weighted by atomic mass is 10.2. The Bertz CT molecular complexity index is 1140. The fourth-order valence-electron chi connectivity index (χ4n) is 3.23. The SMILES string of the molecule is Nc1cc(N=NC2C(=O)NC(=O)NC2=O)ccc1N(Cc1ccccn1)Cc1ccccn1. The van der Waals surface area contributed by atoms with Gasteiger partial charge in [0.2, 0.25) is 6.04 Å². The molecule has 1 aromatic carbocycles. The molecule has 4 N–H and O–H groups in total. The predicted octanol–water partition coefficient (Wildman–Crippen LogP) is 2.08. The molecular formula is C22H20N8O3. The minimum atomic E-state index is -1.45. The first kappa shape index (κ1) is 21.6. The molecule has 0 saturated carbocycles. The maximum atomic E-state index is 11.8. The summed E-state index contributed by atoms with van der Waals surface area (Å²) in [6.45, 7) is 0.998. The van der Waals surface area contributed by atoms with Gasteiger partial charge < -0.3 is 10.6 Å². The Kier molecular flexibility index (Phi) is 6.30. The molecule has 0 aliphatic carbocycles. The molecule has 0 atom stereocenters. The number of amides is 4. The van der Waals surface area contributed by atoms with Crippen LogP contribution in [0.15, 0.2) is 77.2 Å². The lowest BCUT2D eigenvalue weighted by Crippen LogP contribution is -2.57. The van der Waals surface area contributed by atoms with Crippen LogP contribution < -0.4 is 21.3 Å². The van der Waals surface area contributed by atoms with Crippen LogP contribution in [0.5, 0.6) is 0 Å². The summed E-state index contributed by atoms with van der Waals surface area (Å²) in [5, 5.41) is 11.7. The zero-order chi connectivity index (χ0) is 23.2. The van der Waals surface area contributed by atoms with E-state index in [1.165, 1.54) is 0 Å². The number of anilines is 2. The lowest BCUT2D eigenvalue weighted by Gasteiger charge is -2.25. The Morgan fingerprint density at radius 1 is 0.879 bits per heavy atom. The normalized spacial score (nSPS) is 14.2. The fourth-order valence-corrected chi connectivity index (χ4v) is 3.23. The van der Waals surface area contributed by atoms with E-state index < -0.39 is 23.9 Å². The van der Waals surface area contributed by atoms with E-state index in [2.05, 4.69) is 20.2 Å². The molecule has 0 radical (unpaired) electrons. The number of nitrogen functional groups attached to an aromatic ring is 1. The van der Waals surface area contributed by atoms with Gasteiger partial charge in [0.25, 0.3) is 11.8 Å². The lowest BCUT2D eigenvalue weighted by molar-refractivity contribution is -0.131. The average Bonchev–Trinajstić information content (AvgIpc) is 2.79. The van der Waals surface area contributed by atoms with Crippen molar-refractivity contribution < 1.29 is 14.4 Å². The molecule has 3 heterocycles. The van der Waals surface area contributed by atoms with Gasteiger partial charge in [0.1, 0.15) is 0 Å². The highest BCUT2D eigenvalue weighted by Crippen LogP contribution is 2.30. The van der Waals surface area contributed by atoms with Gasteiger partial charge in [-0.2, -0.15) is 10.2 Å². The Morgan fingerprint density at radius 2 is 1.48 bits per heavy atom. The smallest absolute Gasteiger partial charge is 0.328 e. The summed E-state index contributed by atoms with van der Waals surface area (Å²) in [5.41, 5.74) is 9.56. The van der Waals surface area contributed by atoms with Crippen molar-refractivity contribution in [3.63, 3.8) is 0 Å². The van der Waals surface area contributed by atoms with Crippen molar-refractivity contribution in [3.05, 3.63) is 78.4 Å². The molecule has 1 aliphatic heterocycles. The number of barbiturate groups is 1. The highest BCUT2D eigenvalue weighted by atomic mass is 16.2. The number of hydrogen-bond acceptors (Lipinski definition) is 9. The quantitative estimate of drug-likeness (QED) is 0.286. The minimum Gasteiger partial charge on any atom is -0.397 e. The van der Waals surface area contributed by atoms with E-state index in [0.29, 0.717) is 24.5 Å². The van der Waals surface area contributed by atoms with Crippen molar-refractivity contribution >= 4 is 34.9 Å². The van der Waals surface area contributed by atoms with E-state index in [9.17, 15) is 14.4 Å². The predicted molar refractivity (Wildman–Crippen MR) is 119 cm³/mol. The van der Waals surface area contributed by atoms with Crippen LogP contribution in [-0.4, -0.2) is 33.9 Å². The first-order chi connectivity index (χ1) is 16.0. The number of azo groups is 1. The number of carbonyl (C=O) groups is 3. The maximum absolute atomic E-state index is 11.8. The molecule has 1 saturated heterocycles. The number of pyridine rings is 2. The Balaban J connectivity index is 1.57. The van der Waals surface area contributed by atoms with E-state index in [-0.39, 0.29) is 0 Å². The summed E-state index contributed by atoms with van der Waals surface area (Å²) in [4.78, 5) is 45.6. The zero-order valence-corrected chi connectivity index (χ0v) is 17.4. The number of hydrogen-bond donors (Lipinski definition) is 3. The summed E-state index contributed by atoms with van der Waals surface area (Å²) in [7, 11) is 0. The molecule has 166 valence electrons. The van der Waals surface area contributed by atoms with Gasteiger partial charge in [0.05, 0.1) is 41.5 Å². The summed E-state index contributed by atoms with van der Waals surface area (Å²) >= 11 is 0. The van der Waals surface area contributed by atoms with Crippen molar-refractivity contribution in [1.82, 2.24) is 20.6 Å². The molecule has 33 heavy (non-hydrogen) atoms. The standard InChI is InChI=1S/C22H20N8O3/c23-17-11-14(28-29-19-20(31)26-22(33)27-21(19)32)7-8-18(17)30(12-15-5-1-3-9-24-15)13-16-6-2-4-10-25-16/h1-11,19H,12-13,23H2,(H2,26,27,31,32,33). The number of aromatic nitrogens is 2. The van der Waals surface area contributed by atoms with E-state index in [4.69, 9.17) is 5.73 Å². The van der Waals surface area contributed by atoms with Crippen LogP contribution in [0.25, 0.3) is 0 Å². The van der Waals surface area contributed by atoms with E-state index in [0.717, 1.165) is 17.1 Å². The number of benzene rings is 1. The van der Waals surface area contributed by atoms with Crippen LogP contribution in [0.4, 0.5) is 21.9 Å². The van der Waals surface area contributed by atoms with Gasteiger partial charge in [-0.1, -0.05) is 12.1 Å². The third-order valence-electron chi connectivity index (χ3n) is 4.77. The van der Waals surface area contributed by atoms with Crippen molar-refractivity contribution in [1.29, 1.82) is 0 Å². The average molecular weight is 444 g/mol. The number of nitrogens with zero attached hydrogens (tertiary/aromatic N) is 5. The highest BCUT2D eigenvalue weighted by Gasteiger charge is 2.34. The molecule has 3 aromatic rings. The third-order valence-corrected chi connectivity index (χ3v) is 4.77. The zero-order valence-electron chi connectivity index (χ0n) is 17.4. The fraction of sp³-hybridized carbons (Fsp3) is 0.136. The third kappa shape index (κ3) is 5.34. The Labute approximate surface area is 188 Å². The number of imide groups is 2. The molecule has 4 amide bonds. The molecule has 1 aliphatic rings. The molecule has 11 nitrogen and oxygen atoms in total. The second-order valence-corrected chi connectivity index (χ2v) is 7.17. The number of nitrogens with one attached hydrogen (secondary N) is 2. The maximum Gasteiger partial charge on any atom is 0.328 e. The molecule has 2 aromatic heterocycles. The second kappa shape index (κ2) is 9.64. The van der Waals surface area contributed by atoms with Crippen LogP contribution in [0, 0.1) is 0 Å². The molecule has 11 heteroatoms. The summed E-state index contributed by atoms with van der Waals surface area (Å²) in [6, 6.07) is 14.1. The topological polar surface area (TPSA) is 155 Å². The monoisotopic (exact) mass is 444 g/mol. The van der Waals surface area contributed by atoms with E-state index in [1.807, 2.05) is 51.9 Å². The Morgan fingerprint density at radius 3 is 2.00 bits per heavy atom. The van der Waals surface area contributed by atoms with Gasteiger partial charge in [-0.25, -0.2) is 4.79 Å². The molecule has 4 rings (SSSR count). The van der Waals surface area contributed by atoms with Gasteiger partial charge in [0.15, 0.2) is 0 Å². The first-order valence-electron chi connectivity index (χ1n) is 10.0. The van der Waals surface area contributed by atoms with Gasteiger partial charge >= 0.3 is 6.03 Å². The number of nitrogens with two attached hydrogens (primary N) is 1. The summed E-state index contributed by atoms with van der Waals surface area (Å²) < 4.78 is 0. The Hall–Kier alpha value is -4.67. The number of urea groups is 1. The molecule has 0 unspecified atom stereocenters. The second-order valence-electron chi connectivity index (χ2n) is 7.17. The van der Waals surface area contributed by atoms with Gasteiger partial charge in [-0.15, -0.1) is 0 Å². The minimum absolute atomic E-state index is 0.351. The van der Waals surface area contributed by atoms with Crippen LogP contribution in [0.2, 0.25) is 0 Å². The van der Waals surface area contributed by atoms with Crippen LogP contribution in [0.1, 0.15) is 11.4 Å². The summed E-state index contributed by atoms with van der Waals surface area (Å²) in [6.07, 6.45) is 3.46. The largest absolute Gasteiger partial charge is 0.397 e. The van der Waals surface area contributed by atoms with Crippen molar-refractivity contribution in [2.24, 2.45) is 10.2 Å². The number of carbonyl (C=O) groups excluding carboxylic acids is 3. The van der Waals surface area contributed by atoms with E-state index >= 15 is 0 Å². The van der Waals surface area contributed by atoms with Crippen LogP contribution >= 0.6 is 0 Å². The van der Waals surface area contributed by atoms with Gasteiger partial charge in [-0.05, 0) is 42.5 Å². The van der Waals surface area contributed by atoms with Crippen molar-refractivity contribution in [2.75, 3.05) is 10.6 Å². The van der Waals surface area contributed by atoms with Crippen LogP contribution in [0.3, 0.4) is 0 Å². The van der Waals surface area contributed by atoms with Gasteiger partial charge in [-0.3, -0.25) is 30.2 Å². The molecule has 0 bridgehead atoms. The molecular weight excluding hydrogens is 424 g/mol. The highest BCUT2D eigenvalue weighted by molar-refractivity contribution is 6.18. The van der Waals surface area contributed by atoms with Crippen molar-refractivity contribution in [3.8, 4) is 0 Å². The number of rotatable bonds is 7. The molecule has 1 fully saturated rings. The summed E-state index contributed by atoms with van der Waals surface area (Å²) in [5.74, 6) is -1.68. The molecule has 0 spiro atoms. The van der Waals surface area contributed by atoms with Crippen LogP contribution in [-0.2, 0) is 22.7 Å². The van der Waals surface area contributed by atoms with Crippen molar-refractivity contribution in [2.45, 2.75) is 19.1 Å². The first-order valence-corrected chi connectivity index (χ1v) is 10.0. The van der Waals surface area contributed by atoms with E-state index in [1.54, 1.807) is 30.6 Å². The van der Waals surface area contributed by atoms with Gasteiger partial charge in [0, 0.05) is 12.4 Å².